The molecule has 0 heterocycles. The fourth-order valence-corrected chi connectivity index (χ4v) is 2.93. The molecule has 0 saturated carbocycles. The van der Waals surface area contributed by atoms with E-state index in [1.54, 1.807) is 0 Å². The van der Waals surface area contributed by atoms with Gasteiger partial charge in [0, 0.05) is 19.1 Å². The summed E-state index contributed by atoms with van der Waals surface area (Å²) in [6, 6.07) is 22.3. The minimum atomic E-state index is 0.662. The first kappa shape index (κ1) is 15.8. The van der Waals surface area contributed by atoms with Gasteiger partial charge < -0.3 is 0 Å². The lowest BCUT2D eigenvalue weighted by molar-refractivity contribution is 0.163. The second kappa shape index (κ2) is 8.63. The lowest BCUT2D eigenvalue weighted by atomic mass is 10.0. The third kappa shape index (κ3) is 5.02. The van der Waals surface area contributed by atoms with Gasteiger partial charge in [-0.05, 0) is 24.0 Å². The van der Waals surface area contributed by atoms with Crippen LogP contribution in [0.4, 0.5) is 0 Å². The van der Waals surface area contributed by atoms with Gasteiger partial charge in [0.05, 0.1) is 0 Å². The van der Waals surface area contributed by atoms with E-state index in [1.165, 1.54) is 30.4 Å². The molecule has 2 aromatic rings. The van der Waals surface area contributed by atoms with Crippen LogP contribution in [0.5, 0.6) is 0 Å². The summed E-state index contributed by atoms with van der Waals surface area (Å²) >= 11 is 0. The molecule has 0 aliphatic heterocycles. The Morgan fingerprint density at radius 3 is 1.62 bits per heavy atom. The second-order valence-electron chi connectivity index (χ2n) is 5.73. The molecule has 112 valence electrons. The first-order valence-electron chi connectivity index (χ1n) is 8.15. The van der Waals surface area contributed by atoms with Crippen LogP contribution in [0.3, 0.4) is 0 Å². The molecule has 0 fully saturated rings. The molecule has 0 amide bonds. The molecule has 21 heavy (non-hydrogen) atoms. The SMILES string of the molecule is CCC[C@H](CC)N(Cc1ccccc1)Cc1ccccc1. The van der Waals surface area contributed by atoms with E-state index in [9.17, 15) is 0 Å². The highest BCUT2D eigenvalue weighted by Crippen LogP contribution is 2.18. The lowest BCUT2D eigenvalue weighted by Gasteiger charge is -2.31. The van der Waals surface area contributed by atoms with Crippen LogP contribution >= 0.6 is 0 Å². The van der Waals surface area contributed by atoms with Crippen LogP contribution in [0.2, 0.25) is 0 Å². The third-order valence-corrected chi connectivity index (χ3v) is 4.07. The van der Waals surface area contributed by atoms with Gasteiger partial charge >= 0.3 is 0 Å². The predicted molar refractivity (Wildman–Crippen MR) is 91.1 cm³/mol. The van der Waals surface area contributed by atoms with Crippen molar-refractivity contribution in [3.05, 3.63) is 71.8 Å². The van der Waals surface area contributed by atoms with E-state index >= 15 is 0 Å². The number of rotatable bonds is 8. The molecular weight excluding hydrogens is 254 g/mol. The summed E-state index contributed by atoms with van der Waals surface area (Å²) in [5.41, 5.74) is 2.81. The summed E-state index contributed by atoms with van der Waals surface area (Å²) in [5, 5.41) is 0. The molecule has 0 bridgehead atoms. The molecule has 0 N–H and O–H groups in total. The molecule has 0 aromatic heterocycles. The van der Waals surface area contributed by atoms with Crippen LogP contribution in [0.15, 0.2) is 60.7 Å². The van der Waals surface area contributed by atoms with Crippen molar-refractivity contribution in [1.29, 1.82) is 0 Å². The summed E-state index contributed by atoms with van der Waals surface area (Å²) in [4.78, 5) is 2.63. The van der Waals surface area contributed by atoms with E-state index in [2.05, 4.69) is 79.4 Å². The maximum absolute atomic E-state index is 2.63. The topological polar surface area (TPSA) is 3.24 Å². The van der Waals surface area contributed by atoms with E-state index in [0.717, 1.165) is 13.1 Å². The molecule has 0 unspecified atom stereocenters. The van der Waals surface area contributed by atoms with E-state index in [-0.39, 0.29) is 0 Å². The van der Waals surface area contributed by atoms with Crippen LogP contribution in [0.25, 0.3) is 0 Å². The Balaban J connectivity index is 2.13. The molecule has 0 radical (unpaired) electrons. The summed E-state index contributed by atoms with van der Waals surface area (Å²) in [6.07, 6.45) is 3.74. The fraction of sp³-hybridized carbons (Fsp3) is 0.400. The Morgan fingerprint density at radius 2 is 1.24 bits per heavy atom. The number of hydrogen-bond donors (Lipinski definition) is 0. The van der Waals surface area contributed by atoms with Crippen molar-refractivity contribution in [2.24, 2.45) is 0 Å². The van der Waals surface area contributed by atoms with Crippen LogP contribution < -0.4 is 0 Å². The largest absolute Gasteiger partial charge is 0.292 e. The Morgan fingerprint density at radius 1 is 0.762 bits per heavy atom. The van der Waals surface area contributed by atoms with Gasteiger partial charge in [0.2, 0.25) is 0 Å². The fourth-order valence-electron chi connectivity index (χ4n) is 2.93. The summed E-state index contributed by atoms with van der Waals surface area (Å²) in [7, 11) is 0. The van der Waals surface area contributed by atoms with Gasteiger partial charge in [0.1, 0.15) is 0 Å². The quantitative estimate of drug-likeness (QED) is 0.637. The van der Waals surface area contributed by atoms with Crippen molar-refractivity contribution in [2.75, 3.05) is 0 Å². The molecular formula is C20H27N. The van der Waals surface area contributed by atoms with Gasteiger partial charge in [-0.3, -0.25) is 4.90 Å². The van der Waals surface area contributed by atoms with E-state index in [4.69, 9.17) is 0 Å². The standard InChI is InChI=1S/C20H27N/c1-3-11-20(4-2)21(16-18-12-7-5-8-13-18)17-19-14-9-6-10-15-19/h5-10,12-15,20H,3-4,11,16-17H2,1-2H3/t20-/m0/s1. The molecule has 1 nitrogen and oxygen atoms in total. The van der Waals surface area contributed by atoms with Gasteiger partial charge in [0.15, 0.2) is 0 Å². The summed E-state index contributed by atoms with van der Waals surface area (Å²) in [6.45, 7) is 6.66. The van der Waals surface area contributed by atoms with E-state index < -0.39 is 0 Å². The Labute approximate surface area is 129 Å². The third-order valence-electron chi connectivity index (χ3n) is 4.07. The molecule has 0 spiro atoms. The highest BCUT2D eigenvalue weighted by molar-refractivity contribution is 5.17. The number of hydrogen-bond acceptors (Lipinski definition) is 1. The number of nitrogens with zero attached hydrogens (tertiary/aromatic N) is 1. The maximum Gasteiger partial charge on any atom is 0.0240 e. The van der Waals surface area contributed by atoms with Gasteiger partial charge in [-0.2, -0.15) is 0 Å². The second-order valence-corrected chi connectivity index (χ2v) is 5.73. The number of benzene rings is 2. The highest BCUT2D eigenvalue weighted by Gasteiger charge is 2.16. The summed E-state index contributed by atoms with van der Waals surface area (Å²) in [5.74, 6) is 0. The van der Waals surface area contributed by atoms with Gasteiger partial charge in [-0.15, -0.1) is 0 Å². The van der Waals surface area contributed by atoms with Crippen molar-refractivity contribution in [3.8, 4) is 0 Å². The molecule has 0 saturated heterocycles. The van der Waals surface area contributed by atoms with Crippen molar-refractivity contribution < 1.29 is 0 Å². The van der Waals surface area contributed by atoms with Gasteiger partial charge in [0.25, 0.3) is 0 Å². The van der Waals surface area contributed by atoms with Gasteiger partial charge in [-0.25, -0.2) is 0 Å². The molecule has 0 aliphatic rings. The zero-order valence-electron chi connectivity index (χ0n) is 13.3. The van der Waals surface area contributed by atoms with Crippen LogP contribution in [-0.4, -0.2) is 10.9 Å². The zero-order chi connectivity index (χ0) is 14.9. The van der Waals surface area contributed by atoms with Crippen molar-refractivity contribution in [2.45, 2.75) is 52.2 Å². The average Bonchev–Trinajstić information content (AvgIpc) is 2.54. The normalized spacial score (nSPS) is 12.5. The van der Waals surface area contributed by atoms with Crippen LogP contribution in [-0.2, 0) is 13.1 Å². The molecule has 0 aliphatic carbocycles. The van der Waals surface area contributed by atoms with Crippen LogP contribution in [0, 0.1) is 0 Å². The predicted octanol–water partition coefficient (Wildman–Crippen LogP) is 5.27. The summed E-state index contributed by atoms with van der Waals surface area (Å²) < 4.78 is 0. The molecule has 2 aromatic carbocycles. The first-order valence-corrected chi connectivity index (χ1v) is 8.15. The van der Waals surface area contributed by atoms with Crippen molar-refractivity contribution in [3.63, 3.8) is 0 Å². The average molecular weight is 281 g/mol. The Kier molecular flexibility index (Phi) is 6.49. The minimum absolute atomic E-state index is 0.662. The molecule has 1 heteroatoms. The molecule has 1 atom stereocenters. The lowest BCUT2D eigenvalue weighted by Crippen LogP contribution is -2.33. The first-order chi connectivity index (χ1) is 10.3. The van der Waals surface area contributed by atoms with Gasteiger partial charge in [-0.1, -0.05) is 80.9 Å². The monoisotopic (exact) mass is 281 g/mol. The molecule has 2 rings (SSSR count). The highest BCUT2D eigenvalue weighted by atomic mass is 15.1. The van der Waals surface area contributed by atoms with Crippen molar-refractivity contribution >= 4 is 0 Å². The maximum atomic E-state index is 2.63. The van der Waals surface area contributed by atoms with E-state index in [0.29, 0.717) is 6.04 Å². The Hall–Kier alpha value is -1.60. The smallest absolute Gasteiger partial charge is 0.0240 e. The minimum Gasteiger partial charge on any atom is -0.292 e. The van der Waals surface area contributed by atoms with E-state index in [1.807, 2.05) is 0 Å². The van der Waals surface area contributed by atoms with Crippen LogP contribution in [0.1, 0.15) is 44.2 Å². The Bertz CT molecular complexity index is 450. The van der Waals surface area contributed by atoms with Crippen molar-refractivity contribution in [1.82, 2.24) is 4.90 Å². The zero-order valence-corrected chi connectivity index (χ0v) is 13.3.